The predicted molar refractivity (Wildman–Crippen MR) is 103 cm³/mol. The van der Waals surface area contributed by atoms with Crippen LogP contribution < -0.4 is 10.3 Å². The smallest absolute Gasteiger partial charge is 0.422 e. The molecule has 0 fully saturated rings. The van der Waals surface area contributed by atoms with Gasteiger partial charge in [0.05, 0.1) is 11.5 Å². The Morgan fingerprint density at radius 3 is 2.00 bits per heavy atom. The van der Waals surface area contributed by atoms with Gasteiger partial charge in [0.1, 0.15) is 0 Å². The van der Waals surface area contributed by atoms with Crippen molar-refractivity contribution in [2.24, 2.45) is 0 Å². The molecule has 0 aliphatic carbocycles. The fourth-order valence-electron chi connectivity index (χ4n) is 2.56. The highest BCUT2D eigenvalue weighted by Gasteiger charge is 2.14. The maximum Gasteiger partial charge on any atom is 0.422 e. The summed E-state index contributed by atoms with van der Waals surface area (Å²) in [5, 5.41) is 0. The average Bonchev–Trinajstić information content (AvgIpc) is 2.65. The Balaban J connectivity index is 2.00. The lowest BCUT2D eigenvalue weighted by molar-refractivity contribution is 0.142. The molecule has 0 heterocycles. The first-order valence-electron chi connectivity index (χ1n) is 9.56. The first-order valence-corrected chi connectivity index (χ1v) is 11.0. The van der Waals surface area contributed by atoms with Crippen molar-refractivity contribution in [2.45, 2.75) is 76.0 Å². The van der Waals surface area contributed by atoms with Crippen LogP contribution >= 0.6 is 0 Å². The zero-order valence-electron chi connectivity index (χ0n) is 15.7. The van der Waals surface area contributed by atoms with E-state index in [-0.39, 0.29) is 11.5 Å². The fraction of sp³-hybridized carbons (Fsp3) is 0.632. The van der Waals surface area contributed by atoms with E-state index in [0.717, 1.165) is 19.3 Å². The predicted octanol–water partition coefficient (Wildman–Crippen LogP) is 4.53. The molecule has 1 aromatic carbocycles. The van der Waals surface area contributed by atoms with Gasteiger partial charge < -0.3 is 4.74 Å². The number of amides is 1. The maximum absolute atomic E-state index is 11.9. The average molecular weight is 385 g/mol. The van der Waals surface area contributed by atoms with E-state index in [0.29, 0.717) is 0 Å². The Bertz CT molecular complexity index is 591. The molecule has 0 aliphatic rings. The molecule has 0 radical (unpaired) electrons. The summed E-state index contributed by atoms with van der Waals surface area (Å²) >= 11 is 0. The molecule has 6 nitrogen and oxygen atoms in total. The number of benzene rings is 1. The lowest BCUT2D eigenvalue weighted by atomic mass is 10.1. The normalized spacial score (nSPS) is 11.3. The van der Waals surface area contributed by atoms with Crippen molar-refractivity contribution >= 4 is 16.1 Å². The first-order chi connectivity index (χ1) is 12.6. The van der Waals surface area contributed by atoms with Gasteiger partial charge in [0.2, 0.25) is 0 Å². The fourth-order valence-corrected chi connectivity index (χ4v) is 3.41. The molecule has 26 heavy (non-hydrogen) atoms. The Morgan fingerprint density at radius 2 is 1.42 bits per heavy atom. The molecule has 2 N–H and O–H groups in total. The second kappa shape index (κ2) is 13.6. The van der Waals surface area contributed by atoms with Gasteiger partial charge in [0, 0.05) is 0 Å². The highest BCUT2D eigenvalue weighted by molar-refractivity contribution is 7.89. The Hall–Kier alpha value is -1.60. The lowest BCUT2D eigenvalue weighted by Gasteiger charge is -2.09. The minimum absolute atomic E-state index is 0.0787. The lowest BCUT2D eigenvalue weighted by Crippen LogP contribution is -2.41. The summed E-state index contributed by atoms with van der Waals surface area (Å²) in [6.07, 6.45) is 11.2. The molecule has 0 bridgehead atoms. The van der Waals surface area contributed by atoms with Crippen LogP contribution in [0, 0.1) is 0 Å². The molecule has 148 valence electrons. The van der Waals surface area contributed by atoms with E-state index >= 15 is 0 Å². The van der Waals surface area contributed by atoms with Gasteiger partial charge >= 0.3 is 6.09 Å². The number of rotatable bonds is 14. The summed E-state index contributed by atoms with van der Waals surface area (Å²) in [7, 11) is -3.77. The molecule has 7 heteroatoms. The quantitative estimate of drug-likeness (QED) is 0.365. The monoisotopic (exact) mass is 384 g/mol. The van der Waals surface area contributed by atoms with Gasteiger partial charge in [-0.1, -0.05) is 82.9 Å². The number of hydrogen-bond donors (Lipinski definition) is 2. The molecule has 0 aromatic heterocycles. The summed E-state index contributed by atoms with van der Waals surface area (Å²) in [5.74, 6) is 0. The Kier molecular flexibility index (Phi) is 11.7. The number of unbranched alkanes of at least 4 members (excludes halogenated alkanes) is 9. The van der Waals surface area contributed by atoms with Crippen molar-refractivity contribution in [2.75, 3.05) is 6.61 Å². The van der Waals surface area contributed by atoms with E-state index < -0.39 is 16.1 Å². The number of carbonyl (C=O) groups is 1. The minimum Gasteiger partial charge on any atom is -0.449 e. The molecule has 0 saturated heterocycles. The van der Waals surface area contributed by atoms with Gasteiger partial charge in [-0.2, -0.15) is 0 Å². The summed E-state index contributed by atoms with van der Waals surface area (Å²) in [5.41, 5.74) is 2.06. The van der Waals surface area contributed by atoms with E-state index in [2.05, 4.69) is 12.3 Å². The van der Waals surface area contributed by atoms with Crippen molar-refractivity contribution in [1.29, 1.82) is 0 Å². The van der Waals surface area contributed by atoms with Crippen molar-refractivity contribution in [1.82, 2.24) is 10.3 Å². The van der Waals surface area contributed by atoms with Crippen LogP contribution in [-0.2, 0) is 14.8 Å². The second-order valence-corrected chi connectivity index (χ2v) is 8.04. The number of sulfonamides is 1. The maximum atomic E-state index is 11.9. The van der Waals surface area contributed by atoms with E-state index in [1.807, 2.05) is 4.83 Å². The molecule has 1 amide bonds. The summed E-state index contributed by atoms with van der Waals surface area (Å²) in [4.78, 5) is 13.6. The van der Waals surface area contributed by atoms with Crippen LogP contribution in [0.4, 0.5) is 4.79 Å². The zero-order chi connectivity index (χ0) is 19.1. The SMILES string of the molecule is CCCCCCCCCCCCOC(=O)NNS(=O)(=O)c1ccccc1. The van der Waals surface area contributed by atoms with Crippen LogP contribution in [0.15, 0.2) is 35.2 Å². The molecule has 1 aromatic rings. The van der Waals surface area contributed by atoms with Gasteiger partial charge in [0.15, 0.2) is 0 Å². The van der Waals surface area contributed by atoms with Crippen molar-refractivity contribution in [3.05, 3.63) is 30.3 Å². The second-order valence-electron chi connectivity index (χ2n) is 6.36. The first kappa shape index (κ1) is 22.4. The van der Waals surface area contributed by atoms with Gasteiger partial charge in [-0.15, -0.1) is 4.83 Å². The van der Waals surface area contributed by atoms with E-state index in [9.17, 15) is 13.2 Å². The molecule has 0 unspecified atom stereocenters. The minimum atomic E-state index is -3.77. The molecular formula is C19H32N2O4S. The Morgan fingerprint density at radius 1 is 0.885 bits per heavy atom. The number of carbonyl (C=O) groups excluding carboxylic acids is 1. The molecule has 0 aliphatic heterocycles. The highest BCUT2D eigenvalue weighted by Crippen LogP contribution is 2.10. The van der Waals surface area contributed by atoms with Crippen LogP contribution in [0.1, 0.15) is 71.1 Å². The largest absolute Gasteiger partial charge is 0.449 e. The van der Waals surface area contributed by atoms with Crippen molar-refractivity contribution in [3.63, 3.8) is 0 Å². The van der Waals surface area contributed by atoms with Crippen molar-refractivity contribution in [3.8, 4) is 0 Å². The summed E-state index contributed by atoms with van der Waals surface area (Å²) < 4.78 is 28.8. The van der Waals surface area contributed by atoms with Crippen LogP contribution in [0.3, 0.4) is 0 Å². The third-order valence-corrected chi connectivity index (χ3v) is 5.34. The molecule has 0 spiro atoms. The molecular weight excluding hydrogens is 352 g/mol. The van der Waals surface area contributed by atoms with E-state index in [1.54, 1.807) is 18.2 Å². The third kappa shape index (κ3) is 10.4. The van der Waals surface area contributed by atoms with Gasteiger partial charge in [-0.25, -0.2) is 18.6 Å². The number of ether oxygens (including phenoxy) is 1. The van der Waals surface area contributed by atoms with Gasteiger partial charge in [0.25, 0.3) is 10.0 Å². The topological polar surface area (TPSA) is 84.5 Å². The van der Waals surface area contributed by atoms with E-state index in [1.165, 1.54) is 57.1 Å². The Labute approximate surface area is 157 Å². The van der Waals surface area contributed by atoms with Crippen LogP contribution in [0.25, 0.3) is 0 Å². The number of hydrazine groups is 1. The van der Waals surface area contributed by atoms with E-state index in [4.69, 9.17) is 4.74 Å². The molecule has 1 rings (SSSR count). The summed E-state index contributed by atoms with van der Waals surface area (Å²) in [6.45, 7) is 2.51. The van der Waals surface area contributed by atoms with Crippen LogP contribution in [-0.4, -0.2) is 21.1 Å². The van der Waals surface area contributed by atoms with Gasteiger partial charge in [-0.3, -0.25) is 0 Å². The highest BCUT2D eigenvalue weighted by atomic mass is 32.2. The molecule has 0 saturated carbocycles. The van der Waals surface area contributed by atoms with Crippen LogP contribution in [0.5, 0.6) is 0 Å². The standard InChI is InChI=1S/C19H32N2O4S/c1-2-3-4-5-6-7-8-9-10-14-17-25-19(22)20-21-26(23,24)18-15-12-11-13-16-18/h11-13,15-16,21H,2-10,14,17H2,1H3,(H,20,22). The van der Waals surface area contributed by atoms with Gasteiger partial charge in [-0.05, 0) is 18.6 Å². The third-order valence-electron chi connectivity index (χ3n) is 4.07. The number of hydrogen-bond acceptors (Lipinski definition) is 4. The van der Waals surface area contributed by atoms with Crippen LogP contribution in [0.2, 0.25) is 0 Å². The summed E-state index contributed by atoms with van der Waals surface area (Å²) in [6, 6.07) is 7.82. The van der Waals surface area contributed by atoms with Crippen molar-refractivity contribution < 1.29 is 17.9 Å². The molecule has 0 atom stereocenters. The number of nitrogens with one attached hydrogen (secondary N) is 2. The zero-order valence-corrected chi connectivity index (χ0v) is 16.5.